The Hall–Kier alpha value is -3.19. The highest BCUT2D eigenvalue weighted by Gasteiger charge is 2.35. The van der Waals surface area contributed by atoms with Crippen molar-refractivity contribution < 1.29 is 18.8 Å². The molecule has 2 aromatic carbocycles. The van der Waals surface area contributed by atoms with Crippen LogP contribution in [0.2, 0.25) is 0 Å². The number of hydrogen-bond donors (Lipinski definition) is 1. The van der Waals surface area contributed by atoms with E-state index >= 15 is 0 Å². The third-order valence-corrected chi connectivity index (χ3v) is 5.06. The van der Waals surface area contributed by atoms with Crippen LogP contribution in [0.4, 0.5) is 5.69 Å². The van der Waals surface area contributed by atoms with Gasteiger partial charge in [-0.15, -0.1) is 0 Å². The van der Waals surface area contributed by atoms with E-state index in [-0.39, 0.29) is 12.5 Å². The fraction of sp³-hybridized carbons (Fsp3) is 0.318. The summed E-state index contributed by atoms with van der Waals surface area (Å²) in [5.41, 5.74) is 0.344. The largest absolute Gasteiger partial charge is 0.485 e. The maximum absolute atomic E-state index is 12.8. The molecule has 1 fully saturated rings. The molecule has 1 aromatic heterocycles. The molecule has 1 saturated carbocycles. The number of amides is 1. The van der Waals surface area contributed by atoms with Gasteiger partial charge in [0.15, 0.2) is 12.2 Å². The molecule has 0 spiro atoms. The zero-order chi connectivity index (χ0) is 20.3. The van der Waals surface area contributed by atoms with E-state index in [0.717, 1.165) is 18.4 Å². The first-order valence-corrected chi connectivity index (χ1v) is 9.56. The summed E-state index contributed by atoms with van der Waals surface area (Å²) in [5, 5.41) is 6.83. The lowest BCUT2D eigenvalue weighted by Crippen LogP contribution is -2.39. The SMILES string of the molecule is CO[C@@](C)(C(=O)Nc1ccc(OCc2noc(C3CC3)n2)cc1)c1ccccc1. The van der Waals surface area contributed by atoms with Crippen LogP contribution in [0.15, 0.2) is 59.1 Å². The lowest BCUT2D eigenvalue weighted by Gasteiger charge is -2.27. The monoisotopic (exact) mass is 393 g/mol. The molecule has 1 aliphatic carbocycles. The molecule has 1 aliphatic rings. The van der Waals surface area contributed by atoms with Crippen LogP contribution in [-0.4, -0.2) is 23.2 Å². The van der Waals surface area contributed by atoms with Crippen molar-refractivity contribution in [3.63, 3.8) is 0 Å². The Morgan fingerprint density at radius 2 is 1.90 bits per heavy atom. The number of benzene rings is 2. The summed E-state index contributed by atoms with van der Waals surface area (Å²) in [4.78, 5) is 17.2. The van der Waals surface area contributed by atoms with E-state index in [4.69, 9.17) is 14.0 Å². The van der Waals surface area contributed by atoms with E-state index in [9.17, 15) is 4.79 Å². The Morgan fingerprint density at radius 1 is 1.17 bits per heavy atom. The molecule has 3 aromatic rings. The molecule has 0 unspecified atom stereocenters. The fourth-order valence-corrected chi connectivity index (χ4v) is 2.95. The van der Waals surface area contributed by atoms with E-state index in [0.29, 0.717) is 29.1 Å². The molecule has 150 valence electrons. The van der Waals surface area contributed by atoms with Crippen LogP contribution in [0.1, 0.15) is 43.0 Å². The quantitative estimate of drug-likeness (QED) is 0.622. The second kappa shape index (κ2) is 8.05. The molecule has 0 radical (unpaired) electrons. The summed E-state index contributed by atoms with van der Waals surface area (Å²) in [6.45, 7) is 1.98. The van der Waals surface area contributed by atoms with E-state index < -0.39 is 5.60 Å². The van der Waals surface area contributed by atoms with Gasteiger partial charge >= 0.3 is 0 Å². The number of nitrogens with one attached hydrogen (secondary N) is 1. The predicted molar refractivity (Wildman–Crippen MR) is 106 cm³/mol. The van der Waals surface area contributed by atoms with E-state index in [2.05, 4.69) is 15.5 Å². The molecule has 4 rings (SSSR count). The van der Waals surface area contributed by atoms with Gasteiger partial charge in [0, 0.05) is 18.7 Å². The van der Waals surface area contributed by atoms with Crippen molar-refractivity contribution in [1.29, 1.82) is 0 Å². The summed E-state index contributed by atoms with van der Waals surface area (Å²) in [5.74, 6) is 2.05. The van der Waals surface area contributed by atoms with E-state index in [1.807, 2.05) is 30.3 Å². The van der Waals surface area contributed by atoms with Gasteiger partial charge in [0.2, 0.25) is 11.7 Å². The van der Waals surface area contributed by atoms with E-state index in [1.54, 1.807) is 31.2 Å². The number of carbonyl (C=O) groups is 1. The minimum atomic E-state index is -1.09. The van der Waals surface area contributed by atoms with Crippen molar-refractivity contribution in [3.8, 4) is 5.75 Å². The standard InChI is InChI=1S/C22H23N3O4/c1-22(27-2,16-6-4-3-5-7-16)21(26)23-17-10-12-18(13-11-17)28-14-19-24-20(29-25-19)15-8-9-15/h3-7,10-13,15H,8-9,14H2,1-2H3,(H,23,26)/t22-/m1/s1. The van der Waals surface area contributed by atoms with Crippen LogP contribution in [0.3, 0.4) is 0 Å². The molecular formula is C22H23N3O4. The minimum absolute atomic E-state index is 0.234. The van der Waals surface area contributed by atoms with Gasteiger partial charge in [0.1, 0.15) is 5.75 Å². The molecular weight excluding hydrogens is 370 g/mol. The third-order valence-electron chi connectivity index (χ3n) is 5.06. The molecule has 1 heterocycles. The number of carbonyl (C=O) groups excluding carboxylic acids is 1. The Balaban J connectivity index is 1.36. The maximum atomic E-state index is 12.8. The average molecular weight is 393 g/mol. The van der Waals surface area contributed by atoms with Crippen molar-refractivity contribution >= 4 is 11.6 Å². The summed E-state index contributed by atoms with van der Waals surface area (Å²) < 4.78 is 16.5. The first-order chi connectivity index (χ1) is 14.1. The number of nitrogens with zero attached hydrogens (tertiary/aromatic N) is 2. The Kier molecular flexibility index (Phi) is 5.31. The number of rotatable bonds is 8. The number of aromatic nitrogens is 2. The lowest BCUT2D eigenvalue weighted by molar-refractivity contribution is -0.136. The molecule has 7 nitrogen and oxygen atoms in total. The van der Waals surface area contributed by atoms with Gasteiger partial charge in [-0.05, 0) is 49.6 Å². The average Bonchev–Trinajstić information content (AvgIpc) is 3.51. The fourth-order valence-electron chi connectivity index (χ4n) is 2.95. The smallest absolute Gasteiger partial charge is 0.260 e. The van der Waals surface area contributed by atoms with Gasteiger partial charge in [-0.25, -0.2) is 0 Å². The van der Waals surface area contributed by atoms with Crippen molar-refractivity contribution in [2.75, 3.05) is 12.4 Å². The zero-order valence-corrected chi connectivity index (χ0v) is 16.4. The molecule has 0 saturated heterocycles. The number of anilines is 1. The molecule has 1 amide bonds. The Bertz CT molecular complexity index is 967. The van der Waals surface area contributed by atoms with Crippen LogP contribution in [-0.2, 0) is 21.7 Å². The number of methoxy groups -OCH3 is 1. The van der Waals surface area contributed by atoms with Crippen LogP contribution in [0.5, 0.6) is 5.75 Å². The molecule has 7 heteroatoms. The maximum Gasteiger partial charge on any atom is 0.260 e. The van der Waals surface area contributed by atoms with Crippen LogP contribution < -0.4 is 10.1 Å². The summed E-state index contributed by atoms with van der Waals surface area (Å²) in [6.07, 6.45) is 2.23. The molecule has 0 bridgehead atoms. The number of ether oxygens (including phenoxy) is 2. The third kappa shape index (κ3) is 4.30. The summed E-state index contributed by atoms with van der Waals surface area (Å²) >= 11 is 0. The van der Waals surface area contributed by atoms with Crippen molar-refractivity contribution in [3.05, 3.63) is 71.9 Å². The van der Waals surface area contributed by atoms with Gasteiger partial charge < -0.3 is 19.3 Å². The van der Waals surface area contributed by atoms with Gasteiger partial charge in [-0.3, -0.25) is 4.79 Å². The van der Waals surface area contributed by atoms with Crippen LogP contribution in [0, 0.1) is 0 Å². The first-order valence-electron chi connectivity index (χ1n) is 9.56. The number of hydrogen-bond acceptors (Lipinski definition) is 6. The second-order valence-corrected chi connectivity index (χ2v) is 7.19. The van der Waals surface area contributed by atoms with E-state index in [1.165, 1.54) is 7.11 Å². The van der Waals surface area contributed by atoms with Crippen molar-refractivity contribution in [2.45, 2.75) is 37.9 Å². The normalized spacial score (nSPS) is 15.5. The van der Waals surface area contributed by atoms with Gasteiger partial charge in [-0.1, -0.05) is 35.5 Å². The van der Waals surface area contributed by atoms with Crippen LogP contribution in [0.25, 0.3) is 0 Å². The second-order valence-electron chi connectivity index (χ2n) is 7.19. The zero-order valence-electron chi connectivity index (χ0n) is 16.4. The highest BCUT2D eigenvalue weighted by Crippen LogP contribution is 2.38. The molecule has 29 heavy (non-hydrogen) atoms. The predicted octanol–water partition coefficient (Wildman–Crippen LogP) is 4.03. The highest BCUT2D eigenvalue weighted by atomic mass is 16.5. The summed E-state index contributed by atoms with van der Waals surface area (Å²) in [6, 6.07) is 16.5. The minimum Gasteiger partial charge on any atom is -0.485 e. The molecule has 1 N–H and O–H groups in total. The highest BCUT2D eigenvalue weighted by molar-refractivity contribution is 5.97. The van der Waals surface area contributed by atoms with Gasteiger partial charge in [0.25, 0.3) is 5.91 Å². The molecule has 1 atom stereocenters. The van der Waals surface area contributed by atoms with Gasteiger partial charge in [-0.2, -0.15) is 4.98 Å². The van der Waals surface area contributed by atoms with Crippen molar-refractivity contribution in [2.24, 2.45) is 0 Å². The van der Waals surface area contributed by atoms with Crippen molar-refractivity contribution in [1.82, 2.24) is 10.1 Å². The Morgan fingerprint density at radius 3 is 2.55 bits per heavy atom. The molecule has 0 aliphatic heterocycles. The van der Waals surface area contributed by atoms with Crippen LogP contribution >= 0.6 is 0 Å². The topological polar surface area (TPSA) is 86.5 Å². The summed E-state index contributed by atoms with van der Waals surface area (Å²) in [7, 11) is 1.52. The first kappa shape index (κ1) is 19.1. The lowest BCUT2D eigenvalue weighted by atomic mass is 9.94. The van der Waals surface area contributed by atoms with Gasteiger partial charge in [0.05, 0.1) is 0 Å². The Labute approximate surface area is 169 Å².